The maximum atomic E-state index is 5.89. The van der Waals surface area contributed by atoms with E-state index in [1.807, 2.05) is 18.2 Å². The Hall–Kier alpha value is -1.42. The van der Waals surface area contributed by atoms with Crippen molar-refractivity contribution in [2.24, 2.45) is 0 Å². The lowest BCUT2D eigenvalue weighted by Gasteiger charge is -2.33. The second kappa shape index (κ2) is 5.96. The average Bonchev–Trinajstić information content (AvgIpc) is 2.39. The van der Waals surface area contributed by atoms with Gasteiger partial charge in [0.05, 0.1) is 13.2 Å². The zero-order valence-electron chi connectivity index (χ0n) is 11.2. The minimum absolute atomic E-state index is 0.411. The molecule has 4 heteroatoms. The van der Waals surface area contributed by atoms with Crippen molar-refractivity contribution in [3.63, 3.8) is 0 Å². The van der Waals surface area contributed by atoms with Crippen LogP contribution in [0.25, 0.3) is 0 Å². The highest BCUT2D eigenvalue weighted by molar-refractivity contribution is 5.60. The van der Waals surface area contributed by atoms with E-state index in [1.165, 1.54) is 0 Å². The summed E-state index contributed by atoms with van der Waals surface area (Å²) in [5.41, 5.74) is 7.77. The Labute approximate surface area is 109 Å². The summed E-state index contributed by atoms with van der Waals surface area (Å²) in [7, 11) is 1.67. The molecule has 100 valence electrons. The average molecular weight is 250 g/mol. The molecule has 1 aromatic rings. The molecule has 0 bridgehead atoms. The van der Waals surface area contributed by atoms with Gasteiger partial charge in [-0.25, -0.2) is 0 Å². The van der Waals surface area contributed by atoms with Crippen molar-refractivity contribution in [3.05, 3.63) is 18.2 Å². The van der Waals surface area contributed by atoms with Crippen LogP contribution < -0.4 is 15.4 Å². The number of nitrogen functional groups attached to an aromatic ring is 1. The fraction of sp³-hybridized carbons (Fsp3) is 0.571. The third-order valence-corrected chi connectivity index (χ3v) is 3.36. The molecule has 1 heterocycles. The fourth-order valence-corrected chi connectivity index (χ4v) is 2.42. The number of methoxy groups -OCH3 is 1. The van der Waals surface area contributed by atoms with Gasteiger partial charge < -0.3 is 20.1 Å². The first-order chi connectivity index (χ1) is 8.72. The van der Waals surface area contributed by atoms with E-state index in [9.17, 15) is 0 Å². The van der Waals surface area contributed by atoms with Gasteiger partial charge >= 0.3 is 0 Å². The first-order valence-corrected chi connectivity index (χ1v) is 6.54. The van der Waals surface area contributed by atoms with E-state index in [1.54, 1.807) is 7.11 Å². The molecular formula is C14H22N2O2. The van der Waals surface area contributed by atoms with Crippen LogP contribution in [0.15, 0.2) is 18.2 Å². The molecule has 1 aliphatic rings. The standard InChI is InChI=1S/C14H22N2O2/c1-3-18-13-4-6-16(7-5-13)12-8-11(15)9-14(10-12)17-2/h8-10,13H,3-7,15H2,1-2H3. The predicted octanol–water partition coefficient (Wildman–Crippen LogP) is 2.28. The van der Waals surface area contributed by atoms with Gasteiger partial charge in [0.1, 0.15) is 5.75 Å². The number of nitrogens with two attached hydrogens (primary N) is 1. The molecule has 2 rings (SSSR count). The Morgan fingerprint density at radius 2 is 2.00 bits per heavy atom. The van der Waals surface area contributed by atoms with Gasteiger partial charge in [-0.05, 0) is 25.8 Å². The topological polar surface area (TPSA) is 47.7 Å². The van der Waals surface area contributed by atoms with Crippen molar-refractivity contribution >= 4 is 11.4 Å². The summed E-state index contributed by atoms with van der Waals surface area (Å²) >= 11 is 0. The number of nitrogens with zero attached hydrogens (tertiary/aromatic N) is 1. The molecule has 1 saturated heterocycles. The van der Waals surface area contributed by atoms with Gasteiger partial charge in [-0.15, -0.1) is 0 Å². The minimum atomic E-state index is 0.411. The highest BCUT2D eigenvalue weighted by Crippen LogP contribution is 2.28. The fourth-order valence-electron chi connectivity index (χ4n) is 2.42. The van der Waals surface area contributed by atoms with Crippen molar-refractivity contribution in [2.45, 2.75) is 25.9 Å². The third-order valence-electron chi connectivity index (χ3n) is 3.36. The van der Waals surface area contributed by atoms with Crippen molar-refractivity contribution < 1.29 is 9.47 Å². The van der Waals surface area contributed by atoms with Crippen molar-refractivity contribution in [1.29, 1.82) is 0 Å². The van der Waals surface area contributed by atoms with Gasteiger partial charge in [-0.3, -0.25) is 0 Å². The second-order valence-corrected chi connectivity index (χ2v) is 4.61. The molecule has 18 heavy (non-hydrogen) atoms. The van der Waals surface area contributed by atoms with Gasteiger partial charge in [0.25, 0.3) is 0 Å². The lowest BCUT2D eigenvalue weighted by Crippen LogP contribution is -2.37. The molecule has 0 unspecified atom stereocenters. The molecule has 0 saturated carbocycles. The molecule has 0 aromatic heterocycles. The van der Waals surface area contributed by atoms with Crippen molar-refractivity contribution in [3.8, 4) is 5.75 Å². The van der Waals surface area contributed by atoms with Crippen LogP contribution in [0.1, 0.15) is 19.8 Å². The Bertz CT molecular complexity index is 387. The number of benzene rings is 1. The van der Waals surface area contributed by atoms with Gasteiger partial charge in [0.15, 0.2) is 0 Å². The van der Waals surface area contributed by atoms with E-state index >= 15 is 0 Å². The molecule has 0 atom stereocenters. The number of hydrogen-bond acceptors (Lipinski definition) is 4. The minimum Gasteiger partial charge on any atom is -0.497 e. The molecule has 0 radical (unpaired) electrons. The first-order valence-electron chi connectivity index (χ1n) is 6.54. The molecule has 1 aromatic carbocycles. The van der Waals surface area contributed by atoms with Crippen molar-refractivity contribution in [2.75, 3.05) is 37.4 Å². The summed E-state index contributed by atoms with van der Waals surface area (Å²) in [6.07, 6.45) is 2.56. The Kier molecular flexibility index (Phi) is 4.31. The van der Waals surface area contributed by atoms with E-state index in [-0.39, 0.29) is 0 Å². The predicted molar refractivity (Wildman–Crippen MR) is 74.3 cm³/mol. The molecule has 2 N–H and O–H groups in total. The van der Waals surface area contributed by atoms with Gasteiger partial charge in [0.2, 0.25) is 0 Å². The lowest BCUT2D eigenvalue weighted by molar-refractivity contribution is 0.0459. The smallest absolute Gasteiger partial charge is 0.122 e. The summed E-state index contributed by atoms with van der Waals surface area (Å²) in [5.74, 6) is 0.817. The summed E-state index contributed by atoms with van der Waals surface area (Å²) in [5, 5.41) is 0. The quantitative estimate of drug-likeness (QED) is 0.833. The Morgan fingerprint density at radius 3 is 2.61 bits per heavy atom. The first kappa shape index (κ1) is 13.0. The highest BCUT2D eigenvalue weighted by Gasteiger charge is 2.19. The van der Waals surface area contributed by atoms with Crippen LogP contribution in [0.5, 0.6) is 5.75 Å². The Balaban J connectivity index is 2.02. The lowest BCUT2D eigenvalue weighted by atomic mass is 10.1. The molecule has 4 nitrogen and oxygen atoms in total. The van der Waals surface area contributed by atoms with Crippen LogP contribution in [0.3, 0.4) is 0 Å². The zero-order valence-corrected chi connectivity index (χ0v) is 11.2. The van der Waals surface area contributed by atoms with Gasteiger partial charge in [-0.2, -0.15) is 0 Å². The van der Waals surface area contributed by atoms with Gasteiger partial charge in [-0.1, -0.05) is 0 Å². The normalized spacial score (nSPS) is 16.9. The van der Waals surface area contributed by atoms with Crippen LogP contribution in [0.2, 0.25) is 0 Å². The number of anilines is 2. The number of rotatable bonds is 4. The molecule has 0 amide bonds. The van der Waals surface area contributed by atoms with Crippen LogP contribution in [0.4, 0.5) is 11.4 Å². The SMILES string of the molecule is CCOC1CCN(c2cc(N)cc(OC)c2)CC1. The van der Waals surface area contributed by atoms with E-state index in [0.717, 1.165) is 49.7 Å². The molecule has 0 spiro atoms. The van der Waals surface area contributed by atoms with E-state index in [4.69, 9.17) is 15.2 Å². The maximum Gasteiger partial charge on any atom is 0.122 e. The van der Waals surface area contributed by atoms with Crippen LogP contribution in [-0.4, -0.2) is 32.9 Å². The van der Waals surface area contributed by atoms with E-state index < -0.39 is 0 Å². The van der Waals surface area contributed by atoms with Crippen LogP contribution >= 0.6 is 0 Å². The number of ether oxygens (including phenoxy) is 2. The molecule has 1 fully saturated rings. The molecule has 1 aliphatic heterocycles. The number of hydrogen-bond donors (Lipinski definition) is 1. The third kappa shape index (κ3) is 3.07. The Morgan fingerprint density at radius 1 is 1.28 bits per heavy atom. The van der Waals surface area contributed by atoms with E-state index in [2.05, 4.69) is 11.8 Å². The maximum absolute atomic E-state index is 5.89. The summed E-state index contributed by atoms with van der Waals surface area (Å²) in [6.45, 7) is 4.88. The second-order valence-electron chi connectivity index (χ2n) is 4.61. The zero-order chi connectivity index (χ0) is 13.0. The van der Waals surface area contributed by atoms with Crippen LogP contribution in [0, 0.1) is 0 Å². The highest BCUT2D eigenvalue weighted by atomic mass is 16.5. The van der Waals surface area contributed by atoms with Crippen LogP contribution in [-0.2, 0) is 4.74 Å². The number of piperidine rings is 1. The van der Waals surface area contributed by atoms with Gasteiger partial charge in [0, 0.05) is 43.2 Å². The monoisotopic (exact) mass is 250 g/mol. The summed E-state index contributed by atoms with van der Waals surface area (Å²) in [4.78, 5) is 2.34. The molecular weight excluding hydrogens is 228 g/mol. The van der Waals surface area contributed by atoms with E-state index in [0.29, 0.717) is 6.10 Å². The largest absolute Gasteiger partial charge is 0.497 e. The molecule has 0 aliphatic carbocycles. The summed E-state index contributed by atoms with van der Waals surface area (Å²) < 4.78 is 10.9. The van der Waals surface area contributed by atoms with Crippen molar-refractivity contribution in [1.82, 2.24) is 0 Å². The summed E-state index contributed by atoms with van der Waals surface area (Å²) in [6, 6.07) is 5.89.